The summed E-state index contributed by atoms with van der Waals surface area (Å²) in [5.41, 5.74) is 1.22. The van der Waals surface area contributed by atoms with Gasteiger partial charge in [-0.3, -0.25) is 9.59 Å². The number of aliphatic hydroxyl groups excluding tert-OH is 2. The van der Waals surface area contributed by atoms with Crippen molar-refractivity contribution < 1.29 is 28.9 Å². The van der Waals surface area contributed by atoms with Gasteiger partial charge in [0.15, 0.2) is 11.5 Å². The number of carbonyl (C=O) groups excluding carboxylic acids is 2. The van der Waals surface area contributed by atoms with Crippen molar-refractivity contribution >= 4 is 17.8 Å². The minimum Gasteiger partial charge on any atom is -0.503 e. The maximum Gasteiger partial charge on any atom is 0.290 e. The summed E-state index contributed by atoms with van der Waals surface area (Å²) in [6.45, 7) is 0.143. The first kappa shape index (κ1) is 21.4. The second-order valence-electron chi connectivity index (χ2n) is 6.66. The van der Waals surface area contributed by atoms with Crippen LogP contribution in [0.15, 0.2) is 72.0 Å². The molecule has 1 heterocycles. The molecule has 0 aliphatic carbocycles. The van der Waals surface area contributed by atoms with Crippen LogP contribution in [0.2, 0.25) is 0 Å². The summed E-state index contributed by atoms with van der Waals surface area (Å²) < 4.78 is 18.6. The zero-order valence-electron chi connectivity index (χ0n) is 16.2. The van der Waals surface area contributed by atoms with Crippen LogP contribution in [0.3, 0.4) is 0 Å². The molecule has 1 aliphatic heterocycles. The number of hydrogen-bond acceptors (Lipinski definition) is 5. The van der Waals surface area contributed by atoms with Gasteiger partial charge in [0.05, 0.1) is 31.4 Å². The lowest BCUT2D eigenvalue weighted by atomic mass is 9.95. The summed E-state index contributed by atoms with van der Waals surface area (Å²) in [4.78, 5) is 26.9. The van der Waals surface area contributed by atoms with Gasteiger partial charge in [0.25, 0.3) is 5.91 Å². The van der Waals surface area contributed by atoms with Crippen LogP contribution in [0, 0.1) is 5.82 Å². The predicted molar refractivity (Wildman–Crippen MR) is 109 cm³/mol. The number of benzene rings is 2. The van der Waals surface area contributed by atoms with E-state index in [1.807, 2.05) is 30.3 Å². The first-order valence-corrected chi connectivity index (χ1v) is 9.48. The molecule has 1 atom stereocenters. The fraction of sp³-hybridized carbons (Fsp3) is 0.217. The van der Waals surface area contributed by atoms with Gasteiger partial charge in [-0.05, 0) is 29.3 Å². The number of amides is 1. The topological polar surface area (TPSA) is 87.1 Å². The lowest BCUT2D eigenvalue weighted by molar-refractivity contribution is -0.130. The van der Waals surface area contributed by atoms with Crippen LogP contribution in [0.1, 0.15) is 17.2 Å². The molecule has 0 saturated heterocycles. The average Bonchev–Trinajstić information content (AvgIpc) is 3.01. The Kier molecular flexibility index (Phi) is 7.11. The van der Waals surface area contributed by atoms with Gasteiger partial charge in [-0.15, -0.1) is 0 Å². The maximum absolute atomic E-state index is 13.4. The summed E-state index contributed by atoms with van der Waals surface area (Å²) in [6.07, 6.45) is 2.90. The van der Waals surface area contributed by atoms with Gasteiger partial charge in [-0.25, -0.2) is 4.39 Å². The second kappa shape index (κ2) is 9.96. The number of carbonyl (C=O) groups is 2. The first-order valence-electron chi connectivity index (χ1n) is 9.48. The third kappa shape index (κ3) is 4.82. The molecule has 2 aromatic carbocycles. The lowest BCUT2D eigenvalue weighted by Gasteiger charge is -2.26. The Balaban J connectivity index is 1.91. The van der Waals surface area contributed by atoms with Crippen LogP contribution in [-0.4, -0.2) is 53.2 Å². The molecule has 0 bridgehead atoms. The molecule has 30 heavy (non-hydrogen) atoms. The van der Waals surface area contributed by atoms with Gasteiger partial charge in [0, 0.05) is 6.54 Å². The van der Waals surface area contributed by atoms with Crippen LogP contribution < -0.4 is 0 Å². The molecule has 1 unspecified atom stereocenters. The minimum atomic E-state index is -0.872. The van der Waals surface area contributed by atoms with Crippen molar-refractivity contribution in [2.45, 2.75) is 6.04 Å². The molecular weight excluding hydrogens is 389 g/mol. The summed E-state index contributed by atoms with van der Waals surface area (Å²) in [5, 5.41) is 19.3. The van der Waals surface area contributed by atoms with Gasteiger partial charge in [-0.1, -0.05) is 48.5 Å². The molecule has 7 heteroatoms. The molecule has 156 valence electrons. The zero-order chi connectivity index (χ0) is 21.5. The van der Waals surface area contributed by atoms with E-state index in [0.717, 1.165) is 5.56 Å². The number of halogens is 1. The van der Waals surface area contributed by atoms with E-state index >= 15 is 0 Å². The van der Waals surface area contributed by atoms with Crippen LogP contribution in [-0.2, 0) is 14.3 Å². The molecule has 0 fully saturated rings. The Morgan fingerprint density at radius 2 is 1.80 bits per heavy atom. The number of aliphatic hydroxyl groups is 2. The van der Waals surface area contributed by atoms with Crippen LogP contribution in [0.5, 0.6) is 0 Å². The second-order valence-corrected chi connectivity index (χ2v) is 6.66. The lowest BCUT2D eigenvalue weighted by Crippen LogP contribution is -2.34. The van der Waals surface area contributed by atoms with Crippen LogP contribution in [0.25, 0.3) is 6.08 Å². The van der Waals surface area contributed by atoms with E-state index in [1.165, 1.54) is 35.2 Å². The molecule has 0 saturated carbocycles. The Morgan fingerprint density at radius 1 is 1.10 bits per heavy atom. The molecule has 2 N–H and O–H groups in total. The monoisotopic (exact) mass is 411 g/mol. The van der Waals surface area contributed by atoms with E-state index in [9.17, 15) is 19.1 Å². The first-order chi connectivity index (χ1) is 14.5. The highest BCUT2D eigenvalue weighted by Gasteiger charge is 2.42. The van der Waals surface area contributed by atoms with Gasteiger partial charge in [0.2, 0.25) is 0 Å². The summed E-state index contributed by atoms with van der Waals surface area (Å²) in [7, 11) is 0. The number of ether oxygens (including phenoxy) is 1. The fourth-order valence-corrected chi connectivity index (χ4v) is 3.28. The highest BCUT2D eigenvalue weighted by atomic mass is 19.1. The molecule has 0 aromatic heterocycles. The van der Waals surface area contributed by atoms with Crippen molar-refractivity contribution in [2.24, 2.45) is 0 Å². The highest BCUT2D eigenvalue weighted by Crippen LogP contribution is 2.37. The molecule has 0 spiro atoms. The van der Waals surface area contributed by atoms with E-state index in [-0.39, 0.29) is 31.9 Å². The van der Waals surface area contributed by atoms with Crippen LogP contribution >= 0.6 is 0 Å². The van der Waals surface area contributed by atoms with Crippen molar-refractivity contribution in [3.8, 4) is 0 Å². The predicted octanol–water partition coefficient (Wildman–Crippen LogP) is 2.81. The van der Waals surface area contributed by atoms with Gasteiger partial charge < -0.3 is 19.8 Å². The molecular formula is C23H22FNO5. The van der Waals surface area contributed by atoms with E-state index in [1.54, 1.807) is 6.08 Å². The van der Waals surface area contributed by atoms with Crippen molar-refractivity contribution in [3.05, 3.63) is 88.9 Å². The normalized spacial score (nSPS) is 16.7. The maximum atomic E-state index is 13.4. The Hall–Kier alpha value is -3.29. The zero-order valence-corrected chi connectivity index (χ0v) is 16.2. The van der Waals surface area contributed by atoms with Crippen molar-refractivity contribution in [3.63, 3.8) is 0 Å². The third-order valence-electron chi connectivity index (χ3n) is 4.69. The Labute approximate surface area is 173 Å². The number of ketones is 1. The highest BCUT2D eigenvalue weighted by molar-refractivity contribution is 6.14. The number of nitrogens with zero attached hydrogens (tertiary/aromatic N) is 1. The number of rotatable bonds is 9. The SMILES string of the molecule is O=C(/C=C/c1ccccc1)C1=C(O)C(=O)N(CCOCCO)C1c1ccc(F)cc1. The van der Waals surface area contributed by atoms with E-state index in [4.69, 9.17) is 9.84 Å². The number of hydrogen-bond donors (Lipinski definition) is 2. The van der Waals surface area contributed by atoms with E-state index in [0.29, 0.717) is 5.56 Å². The van der Waals surface area contributed by atoms with E-state index < -0.39 is 29.3 Å². The Bertz CT molecular complexity index is 953. The Morgan fingerprint density at radius 3 is 2.47 bits per heavy atom. The standard InChI is InChI=1S/C23H22FNO5/c24-18-9-7-17(8-10-18)21-20(19(27)11-6-16-4-2-1-3-5-16)22(28)23(29)25(21)12-14-30-15-13-26/h1-11,21,26,28H,12-15H2/b11-6+. The largest absolute Gasteiger partial charge is 0.503 e. The molecule has 2 aromatic rings. The van der Waals surface area contributed by atoms with Crippen molar-refractivity contribution in [1.82, 2.24) is 4.90 Å². The average molecular weight is 411 g/mol. The fourth-order valence-electron chi connectivity index (χ4n) is 3.28. The summed E-state index contributed by atoms with van der Waals surface area (Å²) >= 11 is 0. The third-order valence-corrected chi connectivity index (χ3v) is 4.69. The number of allylic oxidation sites excluding steroid dienone is 1. The molecule has 1 amide bonds. The quantitative estimate of drug-likeness (QED) is 0.490. The van der Waals surface area contributed by atoms with Crippen LogP contribution in [0.4, 0.5) is 4.39 Å². The molecule has 0 radical (unpaired) electrons. The van der Waals surface area contributed by atoms with Crippen molar-refractivity contribution in [2.75, 3.05) is 26.4 Å². The van der Waals surface area contributed by atoms with Gasteiger partial charge in [0.1, 0.15) is 5.82 Å². The summed E-state index contributed by atoms with van der Waals surface area (Å²) in [5.74, 6) is -2.30. The van der Waals surface area contributed by atoms with Gasteiger partial charge >= 0.3 is 0 Å². The summed E-state index contributed by atoms with van der Waals surface area (Å²) in [6, 6.07) is 13.7. The molecule has 1 aliphatic rings. The van der Waals surface area contributed by atoms with Gasteiger partial charge in [-0.2, -0.15) is 0 Å². The minimum absolute atomic E-state index is 0.0686. The van der Waals surface area contributed by atoms with E-state index in [2.05, 4.69) is 0 Å². The molecule has 3 rings (SSSR count). The smallest absolute Gasteiger partial charge is 0.290 e. The molecule has 6 nitrogen and oxygen atoms in total. The van der Waals surface area contributed by atoms with Crippen molar-refractivity contribution in [1.29, 1.82) is 0 Å².